The Morgan fingerprint density at radius 1 is 1.71 bits per heavy atom. The fourth-order valence-corrected chi connectivity index (χ4v) is 0.285. The number of hydrogen-bond acceptors (Lipinski definition) is 0. The van der Waals surface area contributed by atoms with Crippen LogP contribution in [0.1, 0.15) is 13.3 Å². The van der Waals surface area contributed by atoms with Crippen molar-refractivity contribution in [3.05, 3.63) is 31.2 Å². The van der Waals surface area contributed by atoms with Gasteiger partial charge in [-0.05, 0) is 20.3 Å². The fraction of sp³-hybridized carbons (Fsp3) is 0.286. The fourth-order valence-electron chi connectivity index (χ4n) is 0.285. The van der Waals surface area contributed by atoms with Crippen molar-refractivity contribution in [2.75, 3.05) is 0 Å². The van der Waals surface area contributed by atoms with Gasteiger partial charge < -0.3 is 0 Å². The first kappa shape index (κ1) is 6.48. The SMILES string of the molecule is [CH2]C(=C)C/C=C/C. The Morgan fingerprint density at radius 2 is 2.29 bits per heavy atom. The van der Waals surface area contributed by atoms with E-state index in [2.05, 4.69) is 13.5 Å². The molecule has 0 unspecified atom stereocenters. The van der Waals surface area contributed by atoms with Crippen LogP contribution < -0.4 is 0 Å². The van der Waals surface area contributed by atoms with Crippen molar-refractivity contribution in [2.24, 2.45) is 0 Å². The molecule has 0 amide bonds. The molecule has 0 bridgehead atoms. The first-order valence-corrected chi connectivity index (χ1v) is 2.38. The summed E-state index contributed by atoms with van der Waals surface area (Å²) in [5.74, 6) is 0. The van der Waals surface area contributed by atoms with Gasteiger partial charge in [-0.3, -0.25) is 0 Å². The molecule has 0 heteroatoms. The smallest absolute Gasteiger partial charge is 0.0142 e. The second-order valence-electron chi connectivity index (χ2n) is 1.52. The molecule has 0 atom stereocenters. The lowest BCUT2D eigenvalue weighted by atomic mass is 10.2. The molecule has 0 aromatic heterocycles. The van der Waals surface area contributed by atoms with Crippen LogP contribution in [0, 0.1) is 6.92 Å². The van der Waals surface area contributed by atoms with Crippen molar-refractivity contribution in [1.82, 2.24) is 0 Å². The first-order chi connectivity index (χ1) is 3.27. The van der Waals surface area contributed by atoms with E-state index < -0.39 is 0 Å². The van der Waals surface area contributed by atoms with Crippen LogP contribution in [-0.4, -0.2) is 0 Å². The summed E-state index contributed by atoms with van der Waals surface area (Å²) in [7, 11) is 0. The highest BCUT2D eigenvalue weighted by Gasteiger charge is 1.73. The van der Waals surface area contributed by atoms with Crippen LogP contribution in [0.4, 0.5) is 0 Å². The second-order valence-corrected chi connectivity index (χ2v) is 1.52. The van der Waals surface area contributed by atoms with Gasteiger partial charge in [0, 0.05) is 0 Å². The van der Waals surface area contributed by atoms with Gasteiger partial charge in [-0.15, -0.1) is 0 Å². The molecule has 0 fully saturated rings. The molecule has 0 saturated carbocycles. The van der Waals surface area contributed by atoms with Crippen molar-refractivity contribution in [1.29, 1.82) is 0 Å². The van der Waals surface area contributed by atoms with E-state index in [1.807, 2.05) is 19.1 Å². The number of hydrogen-bond donors (Lipinski definition) is 0. The molecular formula is C7H11. The minimum Gasteiger partial charge on any atom is -0.0995 e. The average Bonchev–Trinajstić information content (AvgIpc) is 1.61. The van der Waals surface area contributed by atoms with Crippen molar-refractivity contribution < 1.29 is 0 Å². The second kappa shape index (κ2) is 3.66. The Balaban J connectivity index is 3.14. The zero-order chi connectivity index (χ0) is 5.70. The van der Waals surface area contributed by atoms with Gasteiger partial charge in [-0.1, -0.05) is 24.3 Å². The Morgan fingerprint density at radius 3 is 2.43 bits per heavy atom. The van der Waals surface area contributed by atoms with Crippen molar-refractivity contribution in [3.63, 3.8) is 0 Å². The summed E-state index contributed by atoms with van der Waals surface area (Å²) in [6.07, 6.45) is 4.95. The molecule has 39 valence electrons. The largest absolute Gasteiger partial charge is 0.0995 e. The van der Waals surface area contributed by atoms with Gasteiger partial charge >= 0.3 is 0 Å². The summed E-state index contributed by atoms with van der Waals surface area (Å²) in [5.41, 5.74) is 0.970. The van der Waals surface area contributed by atoms with Crippen molar-refractivity contribution in [3.8, 4) is 0 Å². The lowest BCUT2D eigenvalue weighted by Crippen LogP contribution is -1.64. The molecule has 0 N–H and O–H groups in total. The van der Waals surface area contributed by atoms with Crippen LogP contribution in [-0.2, 0) is 0 Å². The minimum atomic E-state index is 0.913. The summed E-state index contributed by atoms with van der Waals surface area (Å²) in [4.78, 5) is 0. The topological polar surface area (TPSA) is 0 Å². The van der Waals surface area contributed by atoms with E-state index in [0.29, 0.717) is 0 Å². The van der Waals surface area contributed by atoms with Gasteiger partial charge in [0.1, 0.15) is 0 Å². The molecule has 0 aromatic rings. The van der Waals surface area contributed by atoms with E-state index in [9.17, 15) is 0 Å². The summed E-state index contributed by atoms with van der Waals surface area (Å²) in [6, 6.07) is 0. The van der Waals surface area contributed by atoms with E-state index in [0.717, 1.165) is 12.0 Å². The highest BCUT2D eigenvalue weighted by molar-refractivity contribution is 5.03. The van der Waals surface area contributed by atoms with E-state index in [-0.39, 0.29) is 0 Å². The van der Waals surface area contributed by atoms with E-state index in [1.165, 1.54) is 0 Å². The molecule has 0 rings (SSSR count). The van der Waals surface area contributed by atoms with Crippen LogP contribution in [0.2, 0.25) is 0 Å². The summed E-state index contributed by atoms with van der Waals surface area (Å²) in [5, 5.41) is 0. The maximum absolute atomic E-state index is 3.63. The van der Waals surface area contributed by atoms with Crippen LogP contribution in [0.5, 0.6) is 0 Å². The standard InChI is InChI=1S/C7H11/c1-4-5-6-7(2)3/h4-5H,2-3,6H2,1H3/b5-4+. The molecule has 0 aliphatic rings. The monoisotopic (exact) mass is 95.1 g/mol. The first-order valence-electron chi connectivity index (χ1n) is 2.38. The third-order valence-electron chi connectivity index (χ3n) is 0.642. The minimum absolute atomic E-state index is 0.913. The predicted molar refractivity (Wildman–Crippen MR) is 33.9 cm³/mol. The lowest BCUT2D eigenvalue weighted by Gasteiger charge is -1.84. The molecule has 0 saturated heterocycles. The van der Waals surface area contributed by atoms with Crippen molar-refractivity contribution >= 4 is 0 Å². The van der Waals surface area contributed by atoms with Gasteiger partial charge in [0.25, 0.3) is 0 Å². The maximum atomic E-state index is 3.63. The van der Waals surface area contributed by atoms with Gasteiger partial charge in [-0.25, -0.2) is 0 Å². The van der Waals surface area contributed by atoms with Crippen LogP contribution in [0.25, 0.3) is 0 Å². The quantitative estimate of drug-likeness (QED) is 0.462. The number of rotatable bonds is 2. The zero-order valence-corrected chi connectivity index (χ0v) is 4.78. The molecule has 0 spiro atoms. The van der Waals surface area contributed by atoms with E-state index in [1.54, 1.807) is 0 Å². The average molecular weight is 95.2 g/mol. The molecule has 0 nitrogen and oxygen atoms in total. The maximum Gasteiger partial charge on any atom is -0.0142 e. The molecule has 7 heavy (non-hydrogen) atoms. The molecule has 0 heterocycles. The molecule has 0 aromatic carbocycles. The lowest BCUT2D eigenvalue weighted by molar-refractivity contribution is 1.29. The number of allylic oxidation sites excluding steroid dienone is 3. The van der Waals surface area contributed by atoms with Gasteiger partial charge in [-0.2, -0.15) is 0 Å². The zero-order valence-electron chi connectivity index (χ0n) is 4.78. The van der Waals surface area contributed by atoms with Crippen molar-refractivity contribution in [2.45, 2.75) is 13.3 Å². The van der Waals surface area contributed by atoms with E-state index >= 15 is 0 Å². The highest BCUT2D eigenvalue weighted by atomic mass is 13.8. The molecule has 0 aliphatic carbocycles. The third-order valence-corrected chi connectivity index (χ3v) is 0.642. The van der Waals surface area contributed by atoms with Crippen LogP contribution in [0.3, 0.4) is 0 Å². The summed E-state index contributed by atoms with van der Waals surface area (Å²) < 4.78 is 0. The Kier molecular flexibility index (Phi) is 3.39. The van der Waals surface area contributed by atoms with E-state index in [4.69, 9.17) is 0 Å². The third kappa shape index (κ3) is 5.48. The molecule has 1 radical (unpaired) electrons. The van der Waals surface area contributed by atoms with Gasteiger partial charge in [0.15, 0.2) is 0 Å². The Bertz CT molecular complexity index is 78.0. The normalized spacial score (nSPS) is 10.0. The Labute approximate surface area is 45.5 Å². The summed E-state index contributed by atoms with van der Waals surface area (Å²) >= 11 is 0. The molecule has 0 aliphatic heterocycles. The Hall–Kier alpha value is -0.520. The van der Waals surface area contributed by atoms with Crippen LogP contribution in [0.15, 0.2) is 24.3 Å². The van der Waals surface area contributed by atoms with Gasteiger partial charge in [0.05, 0.1) is 0 Å². The summed E-state index contributed by atoms with van der Waals surface area (Å²) in [6.45, 7) is 9.25. The highest BCUT2D eigenvalue weighted by Crippen LogP contribution is 1.93. The predicted octanol–water partition coefficient (Wildman–Crippen LogP) is 2.34. The van der Waals surface area contributed by atoms with Crippen LogP contribution >= 0.6 is 0 Å². The molecular weight excluding hydrogens is 84.1 g/mol. The van der Waals surface area contributed by atoms with Gasteiger partial charge in [0.2, 0.25) is 0 Å².